The van der Waals surface area contributed by atoms with Gasteiger partial charge in [0.2, 0.25) is 0 Å². The number of nitrogens with zero attached hydrogens (tertiary/aromatic N) is 2. The Hall–Kier alpha value is -2.76. The smallest absolute Gasteiger partial charge is 0.195 e. The largest absolute Gasteiger partial charge is 0.490 e. The van der Waals surface area contributed by atoms with Crippen LogP contribution in [0.2, 0.25) is 0 Å². The quantitative estimate of drug-likeness (QED) is 0.638. The molecule has 0 saturated carbocycles. The standard InChI is InChI=1S/C20H26N4O2/c1-3-22-20(23-10-8-16-7-9-21-14-15(16)2)24-17-5-6-18-19(13-17)26-12-4-11-25-18/h5-7,9,13-14H,3-4,8,10-12H2,1-2H3,(H2,22,23,24). The number of rotatable bonds is 5. The molecule has 0 radical (unpaired) electrons. The Morgan fingerprint density at radius 1 is 1.19 bits per heavy atom. The Morgan fingerprint density at radius 2 is 2.04 bits per heavy atom. The highest BCUT2D eigenvalue weighted by Gasteiger charge is 2.11. The molecule has 1 aromatic carbocycles. The summed E-state index contributed by atoms with van der Waals surface area (Å²) in [6.07, 6.45) is 5.50. The lowest BCUT2D eigenvalue weighted by molar-refractivity contribution is 0.297. The summed E-state index contributed by atoms with van der Waals surface area (Å²) in [7, 11) is 0. The Balaban J connectivity index is 1.66. The minimum Gasteiger partial charge on any atom is -0.490 e. The number of ether oxygens (including phenoxy) is 2. The second-order valence-electron chi connectivity index (χ2n) is 6.15. The van der Waals surface area contributed by atoms with E-state index < -0.39 is 0 Å². The first-order chi connectivity index (χ1) is 12.8. The predicted molar refractivity (Wildman–Crippen MR) is 104 cm³/mol. The van der Waals surface area contributed by atoms with Gasteiger partial charge in [-0.2, -0.15) is 0 Å². The number of hydrogen-bond acceptors (Lipinski definition) is 4. The topological polar surface area (TPSA) is 67.8 Å². The molecule has 6 heteroatoms. The van der Waals surface area contributed by atoms with Crippen LogP contribution in [-0.4, -0.2) is 37.2 Å². The molecule has 1 aliphatic heterocycles. The normalized spacial score (nSPS) is 13.8. The summed E-state index contributed by atoms with van der Waals surface area (Å²) in [4.78, 5) is 8.81. The van der Waals surface area contributed by atoms with Crippen molar-refractivity contribution in [1.29, 1.82) is 0 Å². The molecular formula is C20H26N4O2. The molecule has 0 fully saturated rings. The number of nitrogens with one attached hydrogen (secondary N) is 2. The van der Waals surface area contributed by atoms with E-state index in [9.17, 15) is 0 Å². The van der Waals surface area contributed by atoms with Gasteiger partial charge in [-0.25, -0.2) is 0 Å². The van der Waals surface area contributed by atoms with Crippen molar-refractivity contribution < 1.29 is 9.47 Å². The Labute approximate surface area is 154 Å². The molecule has 3 rings (SSSR count). The van der Waals surface area contributed by atoms with Crippen LogP contribution in [0, 0.1) is 6.92 Å². The first kappa shape index (κ1) is 18.0. The van der Waals surface area contributed by atoms with Gasteiger partial charge in [0.1, 0.15) is 0 Å². The van der Waals surface area contributed by atoms with E-state index in [-0.39, 0.29) is 0 Å². The van der Waals surface area contributed by atoms with Crippen molar-refractivity contribution in [2.45, 2.75) is 26.7 Å². The van der Waals surface area contributed by atoms with E-state index in [0.717, 1.165) is 42.5 Å². The number of benzene rings is 1. The molecule has 2 heterocycles. The predicted octanol–water partition coefficient (Wildman–Crippen LogP) is 3.17. The average molecular weight is 354 g/mol. The van der Waals surface area contributed by atoms with Gasteiger partial charge in [0, 0.05) is 43.7 Å². The molecule has 6 nitrogen and oxygen atoms in total. The van der Waals surface area contributed by atoms with Crippen LogP contribution in [0.1, 0.15) is 24.5 Å². The van der Waals surface area contributed by atoms with E-state index in [1.807, 2.05) is 30.6 Å². The lowest BCUT2D eigenvalue weighted by Crippen LogP contribution is -2.30. The van der Waals surface area contributed by atoms with Crippen LogP contribution in [-0.2, 0) is 6.42 Å². The zero-order valence-corrected chi connectivity index (χ0v) is 15.4. The number of aryl methyl sites for hydroxylation is 1. The molecule has 0 aliphatic carbocycles. The number of aromatic nitrogens is 1. The summed E-state index contributed by atoms with van der Waals surface area (Å²) in [6, 6.07) is 7.93. The number of fused-ring (bicyclic) bond motifs is 1. The maximum atomic E-state index is 5.75. The van der Waals surface area contributed by atoms with E-state index in [1.165, 1.54) is 11.1 Å². The van der Waals surface area contributed by atoms with Gasteiger partial charge in [0.15, 0.2) is 17.5 Å². The summed E-state index contributed by atoms with van der Waals surface area (Å²) in [5.41, 5.74) is 3.40. The van der Waals surface area contributed by atoms with Crippen LogP contribution in [0.15, 0.2) is 41.7 Å². The summed E-state index contributed by atoms with van der Waals surface area (Å²) in [6.45, 7) is 7.00. The lowest BCUT2D eigenvalue weighted by Gasteiger charge is -2.14. The fourth-order valence-corrected chi connectivity index (χ4v) is 2.76. The van der Waals surface area contributed by atoms with Crippen molar-refractivity contribution in [2.75, 3.05) is 31.6 Å². The molecule has 0 saturated heterocycles. The number of anilines is 1. The van der Waals surface area contributed by atoms with E-state index in [2.05, 4.69) is 40.5 Å². The maximum absolute atomic E-state index is 5.75. The third kappa shape index (κ3) is 4.88. The molecule has 0 unspecified atom stereocenters. The van der Waals surface area contributed by atoms with E-state index in [4.69, 9.17) is 9.47 Å². The molecule has 0 atom stereocenters. The zero-order valence-electron chi connectivity index (χ0n) is 15.4. The van der Waals surface area contributed by atoms with Gasteiger partial charge in [0.25, 0.3) is 0 Å². The van der Waals surface area contributed by atoms with Gasteiger partial charge < -0.3 is 20.1 Å². The van der Waals surface area contributed by atoms with Crippen molar-refractivity contribution in [2.24, 2.45) is 4.99 Å². The Kier molecular flexibility index (Phi) is 6.30. The van der Waals surface area contributed by atoms with Gasteiger partial charge in [-0.3, -0.25) is 9.98 Å². The fourth-order valence-electron chi connectivity index (χ4n) is 2.76. The molecule has 26 heavy (non-hydrogen) atoms. The van der Waals surface area contributed by atoms with Crippen LogP contribution >= 0.6 is 0 Å². The second kappa shape index (κ2) is 9.08. The molecule has 2 N–H and O–H groups in total. The van der Waals surface area contributed by atoms with Gasteiger partial charge in [-0.1, -0.05) is 0 Å². The van der Waals surface area contributed by atoms with Gasteiger partial charge >= 0.3 is 0 Å². The van der Waals surface area contributed by atoms with Crippen molar-refractivity contribution in [3.63, 3.8) is 0 Å². The van der Waals surface area contributed by atoms with Crippen molar-refractivity contribution >= 4 is 11.6 Å². The molecular weight excluding hydrogens is 328 g/mol. The Bertz CT molecular complexity index is 761. The van der Waals surface area contributed by atoms with E-state index >= 15 is 0 Å². The number of pyridine rings is 1. The van der Waals surface area contributed by atoms with Crippen molar-refractivity contribution in [3.8, 4) is 11.5 Å². The summed E-state index contributed by atoms with van der Waals surface area (Å²) in [5.74, 6) is 2.33. The molecule has 0 amide bonds. The molecule has 2 aromatic rings. The first-order valence-corrected chi connectivity index (χ1v) is 9.10. The molecule has 0 spiro atoms. The minimum atomic E-state index is 0.676. The minimum absolute atomic E-state index is 0.676. The summed E-state index contributed by atoms with van der Waals surface area (Å²) in [5, 5.41) is 6.62. The fraction of sp³-hybridized carbons (Fsp3) is 0.400. The van der Waals surface area contributed by atoms with Crippen LogP contribution in [0.3, 0.4) is 0 Å². The van der Waals surface area contributed by atoms with E-state index in [1.54, 1.807) is 0 Å². The molecule has 1 aliphatic rings. The van der Waals surface area contributed by atoms with Crippen LogP contribution in [0.5, 0.6) is 11.5 Å². The monoisotopic (exact) mass is 354 g/mol. The summed E-state index contributed by atoms with van der Waals surface area (Å²) >= 11 is 0. The number of aliphatic imine (C=N–C) groups is 1. The number of guanidine groups is 1. The molecule has 138 valence electrons. The van der Waals surface area contributed by atoms with Crippen molar-refractivity contribution in [1.82, 2.24) is 10.3 Å². The Morgan fingerprint density at radius 3 is 2.85 bits per heavy atom. The third-order valence-electron chi connectivity index (χ3n) is 4.14. The first-order valence-electron chi connectivity index (χ1n) is 9.10. The van der Waals surface area contributed by atoms with Crippen LogP contribution < -0.4 is 20.1 Å². The van der Waals surface area contributed by atoms with Crippen LogP contribution in [0.25, 0.3) is 0 Å². The SMILES string of the molecule is CCNC(=NCCc1ccncc1C)Nc1ccc2c(c1)OCCCO2. The highest BCUT2D eigenvalue weighted by molar-refractivity contribution is 5.93. The molecule has 0 bridgehead atoms. The summed E-state index contributed by atoms with van der Waals surface area (Å²) < 4.78 is 11.4. The maximum Gasteiger partial charge on any atom is 0.195 e. The van der Waals surface area contributed by atoms with Crippen molar-refractivity contribution in [3.05, 3.63) is 47.8 Å². The van der Waals surface area contributed by atoms with Crippen LogP contribution in [0.4, 0.5) is 5.69 Å². The molecule has 1 aromatic heterocycles. The third-order valence-corrected chi connectivity index (χ3v) is 4.14. The lowest BCUT2D eigenvalue weighted by atomic mass is 10.1. The highest BCUT2D eigenvalue weighted by Crippen LogP contribution is 2.32. The zero-order chi connectivity index (χ0) is 18.2. The van der Waals surface area contributed by atoms with Gasteiger partial charge in [-0.15, -0.1) is 0 Å². The van der Waals surface area contributed by atoms with Gasteiger partial charge in [0.05, 0.1) is 13.2 Å². The second-order valence-corrected chi connectivity index (χ2v) is 6.15. The van der Waals surface area contributed by atoms with Gasteiger partial charge in [-0.05, 0) is 49.6 Å². The number of hydrogen-bond donors (Lipinski definition) is 2. The highest BCUT2D eigenvalue weighted by atomic mass is 16.5. The van der Waals surface area contributed by atoms with E-state index in [0.29, 0.717) is 19.8 Å². The average Bonchev–Trinajstić information content (AvgIpc) is 2.88.